The van der Waals surface area contributed by atoms with Crippen LogP contribution in [-0.2, 0) is 0 Å². The Kier molecular flexibility index (Phi) is 2.68. The molecular weight excluding hydrogens is 184 g/mol. The fourth-order valence-electron chi connectivity index (χ4n) is 1.48. The number of nitrogens with zero attached hydrogens (tertiary/aromatic N) is 1. The number of hydrogen-bond acceptors (Lipinski definition) is 2. The molecule has 0 aliphatic carbocycles. The lowest BCUT2D eigenvalue weighted by molar-refractivity contribution is 1.25. The molecule has 0 amide bonds. The van der Waals surface area contributed by atoms with Gasteiger partial charge in [-0.25, -0.2) is 4.98 Å². The third-order valence-corrected chi connectivity index (χ3v) is 2.29. The molecule has 2 aromatic rings. The van der Waals surface area contributed by atoms with Crippen molar-refractivity contribution in [2.75, 3.05) is 5.32 Å². The first-order valence-corrected chi connectivity index (χ1v) is 5.01. The van der Waals surface area contributed by atoms with Crippen LogP contribution >= 0.6 is 0 Å². The van der Waals surface area contributed by atoms with Crippen LogP contribution < -0.4 is 5.32 Å². The van der Waals surface area contributed by atoms with Crippen LogP contribution in [0.5, 0.6) is 0 Å². The number of nitrogens with one attached hydrogen (secondary N) is 1. The van der Waals surface area contributed by atoms with Gasteiger partial charge in [-0.15, -0.1) is 0 Å². The van der Waals surface area contributed by atoms with E-state index in [1.165, 1.54) is 5.56 Å². The Hall–Kier alpha value is -1.83. The number of hydrogen-bond donors (Lipinski definition) is 1. The maximum absolute atomic E-state index is 4.29. The molecule has 0 aliphatic rings. The third kappa shape index (κ3) is 2.34. The molecule has 0 unspecified atom stereocenters. The molecule has 0 saturated heterocycles. The first kappa shape index (κ1) is 9.71. The maximum atomic E-state index is 4.29. The van der Waals surface area contributed by atoms with Crippen molar-refractivity contribution in [3.05, 3.63) is 53.7 Å². The monoisotopic (exact) mass is 198 g/mol. The molecule has 0 aliphatic heterocycles. The Labute approximate surface area is 90.0 Å². The minimum atomic E-state index is 0.920. The first-order valence-electron chi connectivity index (χ1n) is 5.01. The van der Waals surface area contributed by atoms with E-state index in [1.807, 2.05) is 31.2 Å². The second-order valence-corrected chi connectivity index (χ2v) is 3.66. The summed E-state index contributed by atoms with van der Waals surface area (Å²) in [5, 5.41) is 3.30. The van der Waals surface area contributed by atoms with E-state index in [0.29, 0.717) is 0 Å². The number of aromatic nitrogens is 1. The van der Waals surface area contributed by atoms with Crippen LogP contribution in [0.1, 0.15) is 11.1 Å². The zero-order chi connectivity index (χ0) is 10.7. The van der Waals surface area contributed by atoms with E-state index < -0.39 is 0 Å². The summed E-state index contributed by atoms with van der Waals surface area (Å²) in [4.78, 5) is 4.29. The van der Waals surface area contributed by atoms with Crippen LogP contribution in [0.2, 0.25) is 0 Å². The van der Waals surface area contributed by atoms with Crippen LogP contribution in [0.25, 0.3) is 0 Å². The molecule has 0 saturated carbocycles. The van der Waals surface area contributed by atoms with Crippen LogP contribution in [0.15, 0.2) is 42.6 Å². The van der Waals surface area contributed by atoms with Crippen molar-refractivity contribution in [3.8, 4) is 0 Å². The lowest BCUT2D eigenvalue weighted by Crippen LogP contribution is -1.95. The highest BCUT2D eigenvalue weighted by molar-refractivity contribution is 5.59. The fourth-order valence-corrected chi connectivity index (χ4v) is 1.48. The zero-order valence-corrected chi connectivity index (χ0v) is 8.99. The van der Waals surface area contributed by atoms with Crippen LogP contribution in [0.4, 0.5) is 11.5 Å². The lowest BCUT2D eigenvalue weighted by atomic mass is 10.2. The number of anilines is 2. The van der Waals surface area contributed by atoms with Gasteiger partial charge in [0.05, 0.1) is 0 Å². The van der Waals surface area contributed by atoms with Crippen molar-refractivity contribution in [1.29, 1.82) is 0 Å². The van der Waals surface area contributed by atoms with Crippen LogP contribution in [0, 0.1) is 13.8 Å². The molecule has 2 heteroatoms. The Morgan fingerprint density at radius 3 is 2.67 bits per heavy atom. The van der Waals surface area contributed by atoms with Crippen molar-refractivity contribution < 1.29 is 0 Å². The maximum Gasteiger partial charge on any atom is 0.133 e. The van der Waals surface area contributed by atoms with E-state index in [9.17, 15) is 0 Å². The van der Waals surface area contributed by atoms with Crippen molar-refractivity contribution >= 4 is 11.5 Å². The molecule has 1 aromatic heterocycles. The summed E-state index contributed by atoms with van der Waals surface area (Å²) < 4.78 is 0. The Morgan fingerprint density at radius 2 is 1.93 bits per heavy atom. The molecule has 1 N–H and O–H groups in total. The molecule has 2 rings (SSSR count). The van der Waals surface area contributed by atoms with Gasteiger partial charge in [0.2, 0.25) is 0 Å². The van der Waals surface area contributed by atoms with Crippen molar-refractivity contribution in [2.45, 2.75) is 13.8 Å². The van der Waals surface area contributed by atoms with Crippen LogP contribution in [0.3, 0.4) is 0 Å². The second-order valence-electron chi connectivity index (χ2n) is 3.66. The number of aryl methyl sites for hydroxylation is 2. The summed E-state index contributed by atoms with van der Waals surface area (Å²) in [5.41, 5.74) is 3.48. The Morgan fingerprint density at radius 1 is 1.07 bits per heavy atom. The number of benzene rings is 1. The molecule has 1 aromatic carbocycles. The molecule has 0 bridgehead atoms. The number of pyridine rings is 1. The van der Waals surface area contributed by atoms with E-state index >= 15 is 0 Å². The Balaban J connectivity index is 2.26. The first-order chi connectivity index (χ1) is 7.25. The topological polar surface area (TPSA) is 24.9 Å². The smallest absolute Gasteiger partial charge is 0.133 e. The average molecular weight is 198 g/mol. The summed E-state index contributed by atoms with van der Waals surface area (Å²) >= 11 is 0. The minimum absolute atomic E-state index is 0.920. The minimum Gasteiger partial charge on any atom is -0.340 e. The van der Waals surface area contributed by atoms with E-state index in [1.54, 1.807) is 6.20 Å². The third-order valence-electron chi connectivity index (χ3n) is 2.29. The SMILES string of the molecule is Cc1cccc(Nc2ncccc2C)c1. The van der Waals surface area contributed by atoms with Gasteiger partial charge in [0, 0.05) is 11.9 Å². The second kappa shape index (κ2) is 4.13. The highest BCUT2D eigenvalue weighted by Gasteiger charge is 1.98. The molecule has 0 radical (unpaired) electrons. The van der Waals surface area contributed by atoms with Crippen molar-refractivity contribution in [2.24, 2.45) is 0 Å². The highest BCUT2D eigenvalue weighted by Crippen LogP contribution is 2.17. The van der Waals surface area contributed by atoms with E-state index in [-0.39, 0.29) is 0 Å². The summed E-state index contributed by atoms with van der Waals surface area (Å²) in [6, 6.07) is 12.3. The predicted molar refractivity (Wildman–Crippen MR) is 63.4 cm³/mol. The van der Waals surface area contributed by atoms with Gasteiger partial charge < -0.3 is 5.32 Å². The molecule has 0 fully saturated rings. The lowest BCUT2D eigenvalue weighted by Gasteiger charge is -2.08. The van der Waals surface area contributed by atoms with Gasteiger partial charge >= 0.3 is 0 Å². The summed E-state index contributed by atoms with van der Waals surface area (Å²) in [6.45, 7) is 4.13. The molecule has 15 heavy (non-hydrogen) atoms. The average Bonchev–Trinajstić information content (AvgIpc) is 2.22. The molecule has 0 spiro atoms. The summed E-state index contributed by atoms with van der Waals surface area (Å²) in [5.74, 6) is 0.920. The van der Waals surface area contributed by atoms with Gasteiger partial charge in [-0.2, -0.15) is 0 Å². The molecular formula is C13H14N2. The molecule has 1 heterocycles. The molecule has 0 atom stereocenters. The summed E-state index contributed by atoms with van der Waals surface area (Å²) in [7, 11) is 0. The largest absolute Gasteiger partial charge is 0.340 e. The molecule has 2 nitrogen and oxygen atoms in total. The number of rotatable bonds is 2. The van der Waals surface area contributed by atoms with Gasteiger partial charge in [-0.1, -0.05) is 18.2 Å². The molecule has 76 valence electrons. The van der Waals surface area contributed by atoms with Crippen LogP contribution in [-0.4, -0.2) is 4.98 Å². The normalized spacial score (nSPS) is 10.0. The Bertz CT molecular complexity index is 464. The van der Waals surface area contributed by atoms with Gasteiger partial charge in [-0.3, -0.25) is 0 Å². The van der Waals surface area contributed by atoms with E-state index in [4.69, 9.17) is 0 Å². The van der Waals surface area contributed by atoms with E-state index in [0.717, 1.165) is 17.1 Å². The van der Waals surface area contributed by atoms with Gasteiger partial charge in [0.15, 0.2) is 0 Å². The summed E-state index contributed by atoms with van der Waals surface area (Å²) in [6.07, 6.45) is 1.80. The standard InChI is InChI=1S/C13H14N2/c1-10-5-3-7-12(9-10)15-13-11(2)6-4-8-14-13/h3-9H,1-2H3,(H,14,15). The van der Waals surface area contributed by atoms with Gasteiger partial charge in [-0.05, 0) is 43.2 Å². The van der Waals surface area contributed by atoms with Crippen molar-refractivity contribution in [3.63, 3.8) is 0 Å². The van der Waals surface area contributed by atoms with Gasteiger partial charge in [0.1, 0.15) is 5.82 Å². The van der Waals surface area contributed by atoms with Gasteiger partial charge in [0.25, 0.3) is 0 Å². The quantitative estimate of drug-likeness (QED) is 0.799. The van der Waals surface area contributed by atoms with E-state index in [2.05, 4.69) is 29.4 Å². The predicted octanol–water partition coefficient (Wildman–Crippen LogP) is 3.44. The fraction of sp³-hybridized carbons (Fsp3) is 0.154. The highest BCUT2D eigenvalue weighted by atomic mass is 15.0. The zero-order valence-electron chi connectivity index (χ0n) is 8.99. The van der Waals surface area contributed by atoms with Crippen molar-refractivity contribution in [1.82, 2.24) is 4.98 Å².